The largest absolute Gasteiger partial charge is 0.493 e. The van der Waals surface area contributed by atoms with Gasteiger partial charge in [0.2, 0.25) is 0 Å². The van der Waals surface area contributed by atoms with Gasteiger partial charge in [0.05, 0.1) is 25.4 Å². The molecule has 6 heteroatoms. The number of carbonyl (C=O) groups is 1. The zero-order valence-corrected chi connectivity index (χ0v) is 18.7. The van der Waals surface area contributed by atoms with Gasteiger partial charge in [0.1, 0.15) is 12.4 Å². The molecule has 0 radical (unpaired) electrons. The molecule has 1 aromatic heterocycles. The Morgan fingerprint density at radius 2 is 1.67 bits per heavy atom. The second-order valence-corrected chi connectivity index (χ2v) is 7.50. The molecule has 1 N–H and O–H groups in total. The van der Waals surface area contributed by atoms with Crippen LogP contribution in [-0.4, -0.2) is 31.7 Å². The lowest BCUT2D eigenvalue weighted by Crippen LogP contribution is -2.25. The van der Waals surface area contributed by atoms with E-state index in [-0.39, 0.29) is 5.91 Å². The summed E-state index contributed by atoms with van der Waals surface area (Å²) in [5.41, 5.74) is 3.43. The predicted octanol–water partition coefficient (Wildman–Crippen LogP) is 4.80. The highest BCUT2D eigenvalue weighted by atomic mass is 16.5. The first-order valence-electron chi connectivity index (χ1n) is 10.7. The smallest absolute Gasteiger partial charge is 0.251 e. The van der Waals surface area contributed by atoms with E-state index in [0.29, 0.717) is 42.4 Å². The Hall–Kier alpha value is -4.06. The minimum atomic E-state index is -0.127. The summed E-state index contributed by atoms with van der Waals surface area (Å²) in [6, 6.07) is 24.8. The molecule has 0 aliphatic heterocycles. The molecule has 3 aromatic carbocycles. The van der Waals surface area contributed by atoms with Crippen molar-refractivity contribution >= 4 is 16.8 Å². The number of carbonyl (C=O) groups excluding carboxylic acids is 1. The molecule has 0 bridgehead atoms. The topological polar surface area (TPSA) is 69.7 Å². The maximum absolute atomic E-state index is 12.5. The minimum Gasteiger partial charge on any atom is -0.493 e. The number of hydrogen-bond donors (Lipinski definition) is 1. The number of methoxy groups -OCH3 is 2. The van der Waals surface area contributed by atoms with E-state index in [1.807, 2.05) is 54.6 Å². The van der Waals surface area contributed by atoms with Gasteiger partial charge in [-0.1, -0.05) is 30.3 Å². The van der Waals surface area contributed by atoms with Crippen LogP contribution in [0.25, 0.3) is 10.9 Å². The number of rotatable bonds is 9. The van der Waals surface area contributed by atoms with Gasteiger partial charge in [0.25, 0.3) is 5.91 Å². The van der Waals surface area contributed by atoms with Crippen LogP contribution in [-0.2, 0) is 13.0 Å². The van der Waals surface area contributed by atoms with E-state index in [4.69, 9.17) is 14.2 Å². The lowest BCUT2D eigenvalue weighted by Gasteiger charge is -2.10. The molecular formula is C27H26N2O4. The number of amides is 1. The average Bonchev–Trinajstić information content (AvgIpc) is 2.87. The second-order valence-electron chi connectivity index (χ2n) is 7.50. The third-order valence-electron chi connectivity index (χ3n) is 5.31. The van der Waals surface area contributed by atoms with Crippen molar-refractivity contribution in [3.05, 3.63) is 95.7 Å². The number of hydrogen-bond acceptors (Lipinski definition) is 5. The summed E-state index contributed by atoms with van der Waals surface area (Å²) in [6.45, 7) is 0.877. The zero-order chi connectivity index (χ0) is 23.0. The Morgan fingerprint density at radius 1 is 0.879 bits per heavy atom. The van der Waals surface area contributed by atoms with Gasteiger partial charge in [-0.3, -0.25) is 4.79 Å². The van der Waals surface area contributed by atoms with E-state index in [1.165, 1.54) is 0 Å². The fourth-order valence-corrected chi connectivity index (χ4v) is 3.51. The fourth-order valence-electron chi connectivity index (χ4n) is 3.51. The number of nitrogens with one attached hydrogen (secondary N) is 1. The molecule has 0 spiro atoms. The lowest BCUT2D eigenvalue weighted by atomic mass is 10.1. The van der Waals surface area contributed by atoms with Crippen LogP contribution < -0.4 is 19.5 Å². The van der Waals surface area contributed by atoms with E-state index < -0.39 is 0 Å². The van der Waals surface area contributed by atoms with Crippen LogP contribution in [0.2, 0.25) is 0 Å². The summed E-state index contributed by atoms with van der Waals surface area (Å²) in [6.07, 6.45) is 0.687. The first-order chi connectivity index (χ1) is 16.2. The van der Waals surface area contributed by atoms with E-state index >= 15 is 0 Å². The normalized spacial score (nSPS) is 10.6. The van der Waals surface area contributed by atoms with Crippen molar-refractivity contribution in [1.82, 2.24) is 10.3 Å². The third-order valence-corrected chi connectivity index (χ3v) is 5.31. The van der Waals surface area contributed by atoms with Crippen LogP contribution in [0, 0.1) is 0 Å². The van der Waals surface area contributed by atoms with Gasteiger partial charge in [0.15, 0.2) is 11.5 Å². The molecule has 4 aromatic rings. The average molecular weight is 443 g/mol. The van der Waals surface area contributed by atoms with Gasteiger partial charge in [0, 0.05) is 17.5 Å². The van der Waals surface area contributed by atoms with Crippen molar-refractivity contribution < 1.29 is 19.0 Å². The van der Waals surface area contributed by atoms with E-state index in [0.717, 1.165) is 22.2 Å². The van der Waals surface area contributed by atoms with Crippen molar-refractivity contribution in [1.29, 1.82) is 0 Å². The highest BCUT2D eigenvalue weighted by molar-refractivity contribution is 5.94. The monoisotopic (exact) mass is 442 g/mol. The number of benzene rings is 3. The number of aromatic nitrogens is 1. The first kappa shape index (κ1) is 22.1. The molecule has 0 saturated carbocycles. The molecule has 0 fully saturated rings. The second kappa shape index (κ2) is 10.5. The summed E-state index contributed by atoms with van der Waals surface area (Å²) in [5.74, 6) is 1.92. The van der Waals surface area contributed by atoms with E-state index in [9.17, 15) is 4.79 Å². The summed E-state index contributed by atoms with van der Waals surface area (Å²) < 4.78 is 16.4. The maximum atomic E-state index is 12.5. The number of fused-ring (bicyclic) bond motifs is 1. The van der Waals surface area contributed by atoms with Crippen LogP contribution in [0.15, 0.2) is 78.9 Å². The van der Waals surface area contributed by atoms with E-state index in [1.54, 1.807) is 38.5 Å². The molecule has 0 atom stereocenters. The molecular weight excluding hydrogens is 416 g/mol. The van der Waals surface area contributed by atoms with Gasteiger partial charge < -0.3 is 19.5 Å². The van der Waals surface area contributed by atoms with Gasteiger partial charge >= 0.3 is 0 Å². The SMILES string of the molecule is COc1ccc(CCNC(=O)c2ccc(OCc3ccc4ccccc4n3)cc2)cc1OC. The third kappa shape index (κ3) is 5.60. The van der Waals surface area contributed by atoms with Crippen LogP contribution in [0.4, 0.5) is 0 Å². The summed E-state index contributed by atoms with van der Waals surface area (Å²) in [4.78, 5) is 17.1. The highest BCUT2D eigenvalue weighted by Gasteiger charge is 2.08. The number of nitrogens with zero attached hydrogens (tertiary/aromatic N) is 1. The standard InChI is InChI=1S/C27H26N2O4/c1-31-25-14-7-19(17-26(25)32-2)15-16-28-27(30)21-9-12-23(13-10-21)33-18-22-11-8-20-5-3-4-6-24(20)29-22/h3-14,17H,15-16,18H2,1-2H3,(H,28,30). The maximum Gasteiger partial charge on any atom is 0.251 e. The molecule has 0 saturated heterocycles. The van der Waals surface area contributed by atoms with Crippen LogP contribution in [0.3, 0.4) is 0 Å². The quantitative estimate of drug-likeness (QED) is 0.403. The zero-order valence-electron chi connectivity index (χ0n) is 18.7. The van der Waals surface area contributed by atoms with Crippen molar-refractivity contribution in [2.24, 2.45) is 0 Å². The predicted molar refractivity (Wildman–Crippen MR) is 128 cm³/mol. The van der Waals surface area contributed by atoms with E-state index in [2.05, 4.69) is 10.3 Å². The van der Waals surface area contributed by atoms with Crippen LogP contribution in [0.1, 0.15) is 21.6 Å². The summed E-state index contributed by atoms with van der Waals surface area (Å²) >= 11 is 0. The van der Waals surface area contributed by atoms with Gasteiger partial charge in [-0.15, -0.1) is 0 Å². The van der Waals surface area contributed by atoms with Crippen LogP contribution in [0.5, 0.6) is 17.2 Å². The van der Waals surface area contributed by atoms with Crippen molar-refractivity contribution in [2.45, 2.75) is 13.0 Å². The van der Waals surface area contributed by atoms with Crippen molar-refractivity contribution in [3.63, 3.8) is 0 Å². The molecule has 33 heavy (non-hydrogen) atoms. The molecule has 4 rings (SSSR count). The molecule has 1 heterocycles. The Morgan fingerprint density at radius 3 is 2.45 bits per heavy atom. The highest BCUT2D eigenvalue weighted by Crippen LogP contribution is 2.27. The Balaban J connectivity index is 1.28. The molecule has 1 amide bonds. The summed E-state index contributed by atoms with van der Waals surface area (Å²) in [5, 5.41) is 4.05. The molecule has 6 nitrogen and oxygen atoms in total. The number of pyridine rings is 1. The van der Waals surface area contributed by atoms with Gasteiger partial charge in [-0.2, -0.15) is 0 Å². The van der Waals surface area contributed by atoms with Crippen molar-refractivity contribution in [2.75, 3.05) is 20.8 Å². The van der Waals surface area contributed by atoms with Gasteiger partial charge in [-0.05, 0) is 60.5 Å². The molecule has 0 unspecified atom stereocenters. The van der Waals surface area contributed by atoms with Crippen molar-refractivity contribution in [3.8, 4) is 17.2 Å². The Labute approximate surface area is 193 Å². The molecule has 0 aliphatic carbocycles. The van der Waals surface area contributed by atoms with Crippen LogP contribution >= 0.6 is 0 Å². The summed E-state index contributed by atoms with van der Waals surface area (Å²) in [7, 11) is 3.21. The lowest BCUT2D eigenvalue weighted by molar-refractivity contribution is 0.0954. The Bertz CT molecular complexity index is 1240. The minimum absolute atomic E-state index is 0.127. The molecule has 0 aliphatic rings. The first-order valence-corrected chi connectivity index (χ1v) is 10.7. The van der Waals surface area contributed by atoms with Gasteiger partial charge in [-0.25, -0.2) is 4.98 Å². The molecule has 168 valence electrons. The fraction of sp³-hybridized carbons (Fsp3) is 0.185. The Kier molecular flexibility index (Phi) is 7.05. The number of para-hydroxylation sites is 1. The number of ether oxygens (including phenoxy) is 3.